The van der Waals surface area contributed by atoms with Gasteiger partial charge in [-0.2, -0.15) is 0 Å². The second-order valence-electron chi connectivity index (χ2n) is 7.09. The van der Waals surface area contributed by atoms with Crippen LogP contribution < -0.4 is 5.32 Å². The summed E-state index contributed by atoms with van der Waals surface area (Å²) in [4.78, 5) is 36.9. The lowest BCUT2D eigenvalue weighted by molar-refractivity contribution is -0.137. The predicted molar refractivity (Wildman–Crippen MR) is 99.6 cm³/mol. The Morgan fingerprint density at radius 2 is 1.92 bits per heavy atom. The summed E-state index contributed by atoms with van der Waals surface area (Å²) in [5, 5.41) is 11.9. The summed E-state index contributed by atoms with van der Waals surface area (Å²) in [6.45, 7) is 5.67. The van der Waals surface area contributed by atoms with Gasteiger partial charge in [0.15, 0.2) is 0 Å². The molecule has 0 saturated heterocycles. The highest BCUT2D eigenvalue weighted by atomic mass is 35.5. The lowest BCUT2D eigenvalue weighted by Crippen LogP contribution is -2.38. The minimum absolute atomic E-state index is 0.110. The molecule has 1 aromatic rings. The third kappa shape index (κ3) is 7.41. The van der Waals surface area contributed by atoms with E-state index in [0.29, 0.717) is 12.1 Å². The Bertz CT molecular complexity index is 670. The van der Waals surface area contributed by atoms with Crippen molar-refractivity contribution in [2.45, 2.75) is 27.2 Å². The van der Waals surface area contributed by atoms with E-state index >= 15 is 0 Å². The van der Waals surface area contributed by atoms with Crippen LogP contribution in [0.25, 0.3) is 0 Å². The molecule has 0 aliphatic carbocycles. The van der Waals surface area contributed by atoms with E-state index in [1.165, 1.54) is 19.2 Å². The summed E-state index contributed by atoms with van der Waals surface area (Å²) in [6.07, 6.45) is 0.317. The summed E-state index contributed by atoms with van der Waals surface area (Å²) in [5.41, 5.74) is 0.375. The molecule has 8 heteroatoms. The number of methoxy groups -OCH3 is 1. The van der Waals surface area contributed by atoms with Gasteiger partial charge in [0.2, 0.25) is 5.91 Å². The van der Waals surface area contributed by atoms with Gasteiger partial charge in [-0.15, -0.1) is 0 Å². The van der Waals surface area contributed by atoms with Crippen LogP contribution >= 0.6 is 11.6 Å². The molecular weight excluding hydrogens is 360 g/mol. The first-order valence-electron chi connectivity index (χ1n) is 8.13. The fourth-order valence-corrected chi connectivity index (χ4v) is 2.44. The summed E-state index contributed by atoms with van der Waals surface area (Å²) in [7, 11) is 1.46. The maximum Gasteiger partial charge on any atom is 0.323 e. The Hall–Kier alpha value is -2.12. The van der Waals surface area contributed by atoms with Crippen molar-refractivity contribution in [3.8, 4) is 0 Å². The molecule has 0 aliphatic rings. The van der Waals surface area contributed by atoms with Gasteiger partial charge in [0.25, 0.3) is 5.91 Å². The van der Waals surface area contributed by atoms with Crippen LogP contribution in [0.15, 0.2) is 18.2 Å². The molecule has 1 aromatic carbocycles. The SMILES string of the molecule is COCCN(CC(=O)O)C(=O)c1cc(NC(=O)CC(C)(C)C)ccc1Cl. The van der Waals surface area contributed by atoms with Gasteiger partial charge in [0.05, 0.1) is 17.2 Å². The van der Waals surface area contributed by atoms with Crippen molar-refractivity contribution in [3.05, 3.63) is 28.8 Å². The predicted octanol–water partition coefficient (Wildman–Crippen LogP) is 2.89. The van der Waals surface area contributed by atoms with Crippen LogP contribution in [-0.4, -0.2) is 54.6 Å². The van der Waals surface area contributed by atoms with Crippen molar-refractivity contribution in [1.29, 1.82) is 0 Å². The van der Waals surface area contributed by atoms with Gasteiger partial charge in [0, 0.05) is 25.8 Å². The zero-order chi connectivity index (χ0) is 19.9. The molecule has 2 N–H and O–H groups in total. The molecule has 2 amide bonds. The molecule has 144 valence electrons. The molecule has 0 radical (unpaired) electrons. The van der Waals surface area contributed by atoms with Crippen LogP contribution in [0.5, 0.6) is 0 Å². The number of amides is 2. The number of hydrogen-bond acceptors (Lipinski definition) is 4. The number of rotatable bonds is 8. The van der Waals surface area contributed by atoms with Gasteiger partial charge >= 0.3 is 5.97 Å². The maximum absolute atomic E-state index is 12.7. The van der Waals surface area contributed by atoms with Crippen LogP contribution in [-0.2, 0) is 14.3 Å². The first-order valence-corrected chi connectivity index (χ1v) is 8.50. The third-order valence-electron chi connectivity index (χ3n) is 3.35. The summed E-state index contributed by atoms with van der Waals surface area (Å²) in [6, 6.07) is 4.54. The Balaban J connectivity index is 3.01. The Morgan fingerprint density at radius 1 is 1.27 bits per heavy atom. The van der Waals surface area contributed by atoms with E-state index in [0.717, 1.165) is 4.90 Å². The second-order valence-corrected chi connectivity index (χ2v) is 7.50. The fraction of sp³-hybridized carbons (Fsp3) is 0.500. The van der Waals surface area contributed by atoms with E-state index < -0.39 is 18.4 Å². The Labute approximate surface area is 158 Å². The number of nitrogens with zero attached hydrogens (tertiary/aromatic N) is 1. The van der Waals surface area contributed by atoms with E-state index in [2.05, 4.69) is 5.32 Å². The minimum Gasteiger partial charge on any atom is -0.480 e. The number of aliphatic carboxylic acids is 1. The lowest BCUT2D eigenvalue weighted by Gasteiger charge is -2.21. The number of carboxylic acids is 1. The molecule has 0 bridgehead atoms. The van der Waals surface area contributed by atoms with Crippen molar-refractivity contribution >= 4 is 35.1 Å². The molecule has 0 saturated carbocycles. The van der Waals surface area contributed by atoms with Crippen LogP contribution in [0.3, 0.4) is 0 Å². The fourth-order valence-electron chi connectivity index (χ4n) is 2.24. The molecule has 0 spiro atoms. The number of anilines is 1. The standard InChI is InChI=1S/C18H25ClN2O5/c1-18(2,3)10-15(22)20-12-5-6-14(19)13(9-12)17(25)21(7-8-26-4)11-16(23)24/h5-6,9H,7-8,10-11H2,1-4H3,(H,20,22)(H,23,24). The molecule has 7 nitrogen and oxygen atoms in total. The zero-order valence-corrected chi connectivity index (χ0v) is 16.2. The van der Waals surface area contributed by atoms with Gasteiger partial charge in [-0.05, 0) is 23.6 Å². The molecule has 0 fully saturated rings. The quantitative estimate of drug-likeness (QED) is 0.718. The minimum atomic E-state index is -1.14. The number of halogens is 1. The van der Waals surface area contributed by atoms with Crippen molar-refractivity contribution < 1.29 is 24.2 Å². The molecule has 0 atom stereocenters. The summed E-state index contributed by atoms with van der Waals surface area (Å²) < 4.78 is 4.92. The van der Waals surface area contributed by atoms with Crippen molar-refractivity contribution in [2.24, 2.45) is 5.41 Å². The van der Waals surface area contributed by atoms with Gasteiger partial charge in [0.1, 0.15) is 6.54 Å². The number of carbonyl (C=O) groups is 3. The maximum atomic E-state index is 12.7. The molecule has 0 heterocycles. The Kier molecular flexibility index (Phi) is 8.05. The van der Waals surface area contributed by atoms with Crippen LogP contribution in [0, 0.1) is 5.41 Å². The number of carbonyl (C=O) groups excluding carboxylic acids is 2. The molecule has 0 aromatic heterocycles. The third-order valence-corrected chi connectivity index (χ3v) is 3.68. The molecule has 1 rings (SSSR count). The van der Waals surface area contributed by atoms with Gasteiger partial charge in [-0.1, -0.05) is 32.4 Å². The molecule has 26 heavy (non-hydrogen) atoms. The van der Waals surface area contributed by atoms with Crippen molar-refractivity contribution in [3.63, 3.8) is 0 Å². The number of ether oxygens (including phenoxy) is 1. The smallest absolute Gasteiger partial charge is 0.323 e. The highest BCUT2D eigenvalue weighted by molar-refractivity contribution is 6.34. The number of benzene rings is 1. The van der Waals surface area contributed by atoms with E-state index in [9.17, 15) is 14.4 Å². The Morgan fingerprint density at radius 3 is 2.46 bits per heavy atom. The normalized spacial score (nSPS) is 11.1. The van der Waals surface area contributed by atoms with Crippen molar-refractivity contribution in [2.75, 3.05) is 32.1 Å². The number of nitrogens with one attached hydrogen (secondary N) is 1. The first kappa shape index (κ1) is 21.9. The van der Waals surface area contributed by atoms with Crippen molar-refractivity contribution in [1.82, 2.24) is 4.90 Å². The zero-order valence-electron chi connectivity index (χ0n) is 15.5. The summed E-state index contributed by atoms with van der Waals surface area (Å²) >= 11 is 6.11. The van der Waals surface area contributed by atoms with Gasteiger partial charge < -0.3 is 20.1 Å². The van der Waals surface area contributed by atoms with Gasteiger partial charge in [-0.3, -0.25) is 14.4 Å². The van der Waals surface area contributed by atoms with E-state index in [1.54, 1.807) is 6.07 Å². The average Bonchev–Trinajstić information content (AvgIpc) is 2.50. The van der Waals surface area contributed by atoms with E-state index in [1.807, 2.05) is 20.8 Å². The average molecular weight is 385 g/mol. The lowest BCUT2D eigenvalue weighted by atomic mass is 9.92. The van der Waals surface area contributed by atoms with Crippen LogP contribution in [0.2, 0.25) is 5.02 Å². The van der Waals surface area contributed by atoms with Gasteiger partial charge in [-0.25, -0.2) is 0 Å². The number of hydrogen-bond donors (Lipinski definition) is 2. The topological polar surface area (TPSA) is 95.9 Å². The van der Waals surface area contributed by atoms with E-state index in [4.69, 9.17) is 21.4 Å². The summed E-state index contributed by atoms with van der Waals surface area (Å²) in [5.74, 6) is -1.86. The largest absolute Gasteiger partial charge is 0.480 e. The van der Waals surface area contributed by atoms with Crippen LogP contribution in [0.1, 0.15) is 37.6 Å². The second kappa shape index (κ2) is 9.54. The molecular formula is C18H25ClN2O5. The molecule has 0 aliphatic heterocycles. The number of carboxylic acid groups (broad SMARTS) is 1. The first-order chi connectivity index (χ1) is 12.0. The monoisotopic (exact) mass is 384 g/mol. The highest BCUT2D eigenvalue weighted by Crippen LogP contribution is 2.24. The molecule has 0 unspecified atom stereocenters. The van der Waals surface area contributed by atoms with Crippen LogP contribution in [0.4, 0.5) is 5.69 Å². The van der Waals surface area contributed by atoms with E-state index in [-0.39, 0.29) is 35.1 Å². The highest BCUT2D eigenvalue weighted by Gasteiger charge is 2.22.